The highest BCUT2D eigenvalue weighted by atomic mass is 32.1. The second-order valence-corrected chi connectivity index (χ2v) is 6.00. The number of aryl methyl sites for hydroxylation is 2. The van der Waals surface area contributed by atoms with Gasteiger partial charge in [0.05, 0.1) is 0 Å². The first-order valence-corrected chi connectivity index (χ1v) is 7.50. The van der Waals surface area contributed by atoms with Crippen LogP contribution in [0.3, 0.4) is 0 Å². The molecule has 0 spiro atoms. The number of hydrogen-bond acceptors (Lipinski definition) is 4. The summed E-state index contributed by atoms with van der Waals surface area (Å²) in [6.45, 7) is 3.71. The Balaban J connectivity index is 1.82. The first-order valence-electron chi connectivity index (χ1n) is 6.68. The molecule has 0 radical (unpaired) electrons. The van der Waals surface area contributed by atoms with Crippen molar-refractivity contribution in [2.24, 2.45) is 0 Å². The number of rotatable bonds is 5. The Kier molecular flexibility index (Phi) is 4.58. The number of ether oxygens (including phenoxy) is 1. The van der Waals surface area contributed by atoms with E-state index in [1.165, 1.54) is 28.2 Å². The smallest absolute Gasteiger partial charge is 0.348 e. The second-order valence-electron chi connectivity index (χ2n) is 4.87. The molecule has 1 aromatic heterocycles. The number of amides is 1. The molecule has 0 fully saturated rings. The van der Waals surface area contributed by atoms with Crippen LogP contribution in [0.2, 0.25) is 0 Å². The summed E-state index contributed by atoms with van der Waals surface area (Å²) in [5, 5.41) is 2.76. The Hall–Kier alpha value is -1.36. The summed E-state index contributed by atoms with van der Waals surface area (Å²) in [6.07, 6.45) is 4.14. The van der Waals surface area contributed by atoms with Gasteiger partial charge in [-0.2, -0.15) is 0 Å². The van der Waals surface area contributed by atoms with E-state index in [0.717, 1.165) is 19.3 Å². The molecule has 0 aliphatic heterocycles. The zero-order valence-corrected chi connectivity index (χ0v) is 12.1. The Labute approximate surface area is 117 Å². The highest BCUT2D eigenvalue weighted by Gasteiger charge is 2.20. The van der Waals surface area contributed by atoms with Crippen molar-refractivity contribution in [2.45, 2.75) is 45.6 Å². The number of thiophene rings is 1. The highest BCUT2D eigenvalue weighted by Crippen LogP contribution is 2.30. The predicted octanol–water partition coefficient (Wildman–Crippen LogP) is 2.31. The molecular weight excluding hydrogens is 262 g/mol. The number of fused-ring (bicyclic) bond motifs is 1. The molecule has 1 aliphatic rings. The normalized spacial score (nSPS) is 14.8. The minimum Gasteiger partial charge on any atom is -0.451 e. The number of hydrogen-bond donors (Lipinski definition) is 1. The van der Waals surface area contributed by atoms with Gasteiger partial charge in [-0.15, -0.1) is 11.3 Å². The molecule has 1 amide bonds. The van der Waals surface area contributed by atoms with E-state index in [9.17, 15) is 9.59 Å². The van der Waals surface area contributed by atoms with Crippen molar-refractivity contribution in [1.29, 1.82) is 0 Å². The van der Waals surface area contributed by atoms with E-state index in [0.29, 0.717) is 4.88 Å². The summed E-state index contributed by atoms with van der Waals surface area (Å²) in [6, 6.07) is 2.01. The van der Waals surface area contributed by atoms with Crippen molar-refractivity contribution in [3.05, 3.63) is 21.4 Å². The van der Waals surface area contributed by atoms with Crippen LogP contribution in [0.5, 0.6) is 0 Å². The molecule has 1 heterocycles. The average molecular weight is 281 g/mol. The van der Waals surface area contributed by atoms with Gasteiger partial charge in [0, 0.05) is 10.9 Å². The molecule has 4 nitrogen and oxygen atoms in total. The Morgan fingerprint density at radius 2 is 2.26 bits per heavy atom. The lowest BCUT2D eigenvalue weighted by Crippen LogP contribution is -2.35. The van der Waals surface area contributed by atoms with Gasteiger partial charge in [0.25, 0.3) is 5.91 Å². The second kappa shape index (κ2) is 6.19. The van der Waals surface area contributed by atoms with E-state index < -0.39 is 5.97 Å². The van der Waals surface area contributed by atoms with Crippen molar-refractivity contribution < 1.29 is 14.3 Å². The molecule has 0 aromatic carbocycles. The summed E-state index contributed by atoms with van der Waals surface area (Å²) in [4.78, 5) is 25.2. The third-order valence-corrected chi connectivity index (χ3v) is 4.52. The van der Waals surface area contributed by atoms with E-state index in [1.807, 2.05) is 19.9 Å². The number of esters is 1. The van der Waals surface area contributed by atoms with Gasteiger partial charge < -0.3 is 10.1 Å². The maximum atomic E-state index is 11.8. The molecule has 0 saturated carbocycles. The van der Waals surface area contributed by atoms with Gasteiger partial charge in [-0.25, -0.2) is 4.79 Å². The standard InChI is InChI=1S/C14H19NO3S/c1-3-9(2)15-13(16)8-18-14(17)12-7-10-5-4-6-11(10)19-12/h7,9H,3-6,8H2,1-2H3,(H,15,16)/t9-/m1/s1. The van der Waals surface area contributed by atoms with Gasteiger partial charge in [0.1, 0.15) is 4.88 Å². The third-order valence-electron chi connectivity index (χ3n) is 3.30. The maximum absolute atomic E-state index is 11.8. The zero-order chi connectivity index (χ0) is 13.8. The first-order chi connectivity index (χ1) is 9.10. The fourth-order valence-electron chi connectivity index (χ4n) is 2.05. The van der Waals surface area contributed by atoms with E-state index in [-0.39, 0.29) is 18.6 Å². The molecule has 1 N–H and O–H groups in total. The Morgan fingerprint density at radius 1 is 1.47 bits per heavy atom. The van der Waals surface area contributed by atoms with E-state index in [2.05, 4.69) is 5.32 Å². The van der Waals surface area contributed by atoms with Gasteiger partial charge in [-0.05, 0) is 44.2 Å². The average Bonchev–Trinajstić information content (AvgIpc) is 2.96. The minimum absolute atomic E-state index is 0.108. The largest absolute Gasteiger partial charge is 0.451 e. The molecule has 0 bridgehead atoms. The third kappa shape index (κ3) is 3.56. The Bertz CT molecular complexity index is 460. The van der Waals surface area contributed by atoms with Crippen molar-refractivity contribution >= 4 is 23.2 Å². The summed E-state index contributed by atoms with van der Waals surface area (Å²) >= 11 is 1.49. The van der Waals surface area contributed by atoms with Gasteiger partial charge in [-0.3, -0.25) is 4.79 Å². The molecule has 104 valence electrons. The lowest BCUT2D eigenvalue weighted by Gasteiger charge is -2.11. The lowest BCUT2D eigenvalue weighted by atomic mass is 10.2. The SMILES string of the molecule is CC[C@@H](C)NC(=O)COC(=O)c1cc2c(s1)CCC2. The summed E-state index contributed by atoms with van der Waals surface area (Å²) in [5.41, 5.74) is 1.26. The summed E-state index contributed by atoms with van der Waals surface area (Å²) < 4.78 is 5.03. The zero-order valence-electron chi connectivity index (χ0n) is 11.3. The van der Waals surface area contributed by atoms with Crippen molar-refractivity contribution in [2.75, 3.05) is 6.61 Å². The van der Waals surface area contributed by atoms with Crippen LogP contribution in [0.25, 0.3) is 0 Å². The molecule has 1 aliphatic carbocycles. The van der Waals surface area contributed by atoms with Crippen LogP contribution < -0.4 is 5.32 Å². The first kappa shape index (κ1) is 14.1. The van der Waals surface area contributed by atoms with Crippen LogP contribution >= 0.6 is 11.3 Å². The quantitative estimate of drug-likeness (QED) is 0.843. The molecule has 0 saturated heterocycles. The van der Waals surface area contributed by atoms with Crippen LogP contribution in [0.1, 0.15) is 46.8 Å². The number of carbonyl (C=O) groups excluding carboxylic acids is 2. The molecule has 1 aromatic rings. The van der Waals surface area contributed by atoms with Gasteiger partial charge in [-0.1, -0.05) is 6.92 Å². The molecule has 0 unspecified atom stereocenters. The van der Waals surface area contributed by atoms with Gasteiger partial charge >= 0.3 is 5.97 Å². The van der Waals surface area contributed by atoms with Crippen LogP contribution in [-0.2, 0) is 22.4 Å². The van der Waals surface area contributed by atoms with Gasteiger partial charge in [0.2, 0.25) is 0 Å². The number of carbonyl (C=O) groups is 2. The molecule has 19 heavy (non-hydrogen) atoms. The maximum Gasteiger partial charge on any atom is 0.348 e. The number of nitrogens with one attached hydrogen (secondary N) is 1. The molecule has 2 rings (SSSR count). The molecule has 5 heteroatoms. The van der Waals surface area contributed by atoms with Crippen LogP contribution in [0.15, 0.2) is 6.07 Å². The van der Waals surface area contributed by atoms with Crippen LogP contribution in [-0.4, -0.2) is 24.5 Å². The monoisotopic (exact) mass is 281 g/mol. The van der Waals surface area contributed by atoms with E-state index in [4.69, 9.17) is 4.74 Å². The van der Waals surface area contributed by atoms with Gasteiger partial charge in [0.15, 0.2) is 6.61 Å². The van der Waals surface area contributed by atoms with Crippen molar-refractivity contribution in [3.63, 3.8) is 0 Å². The summed E-state index contributed by atoms with van der Waals surface area (Å²) in [7, 11) is 0. The van der Waals surface area contributed by atoms with Crippen molar-refractivity contribution in [3.8, 4) is 0 Å². The van der Waals surface area contributed by atoms with E-state index >= 15 is 0 Å². The van der Waals surface area contributed by atoms with Crippen molar-refractivity contribution in [1.82, 2.24) is 5.32 Å². The summed E-state index contributed by atoms with van der Waals surface area (Å²) in [5.74, 6) is -0.634. The Morgan fingerprint density at radius 3 is 2.95 bits per heavy atom. The fraction of sp³-hybridized carbons (Fsp3) is 0.571. The van der Waals surface area contributed by atoms with Crippen LogP contribution in [0, 0.1) is 0 Å². The lowest BCUT2D eigenvalue weighted by molar-refractivity contribution is -0.124. The fourth-order valence-corrected chi connectivity index (χ4v) is 3.20. The minimum atomic E-state index is -0.390. The topological polar surface area (TPSA) is 55.4 Å². The van der Waals surface area contributed by atoms with E-state index in [1.54, 1.807) is 0 Å². The molecular formula is C14H19NO3S. The van der Waals surface area contributed by atoms with Crippen LogP contribution in [0.4, 0.5) is 0 Å². The highest BCUT2D eigenvalue weighted by molar-refractivity contribution is 7.14. The molecule has 1 atom stereocenters. The predicted molar refractivity (Wildman–Crippen MR) is 74.5 cm³/mol.